The molecule has 5 nitrogen and oxygen atoms in total. The number of hydrogen-bond donors (Lipinski definition) is 0. The van der Waals surface area contributed by atoms with Gasteiger partial charge in [0.25, 0.3) is 0 Å². The number of carbonyl (C=O) groups is 2. The van der Waals surface area contributed by atoms with Gasteiger partial charge in [0.15, 0.2) is 0 Å². The zero-order valence-corrected chi connectivity index (χ0v) is 12.4. The van der Waals surface area contributed by atoms with Crippen LogP contribution in [-0.4, -0.2) is 49.0 Å². The molecule has 1 aliphatic rings. The minimum Gasteiger partial charge on any atom is -0.468 e. The SMILES string of the molecule is COC(=O)CN1CC(c2cccc(Br)c2)N(C)C1=O. The van der Waals surface area contributed by atoms with Crippen LogP contribution in [0, 0.1) is 0 Å². The van der Waals surface area contributed by atoms with Crippen LogP contribution >= 0.6 is 15.9 Å². The summed E-state index contributed by atoms with van der Waals surface area (Å²) in [6.45, 7) is 0.477. The van der Waals surface area contributed by atoms with Gasteiger partial charge in [-0.05, 0) is 17.7 Å². The molecule has 0 aliphatic carbocycles. The lowest BCUT2D eigenvalue weighted by molar-refractivity contribution is -0.141. The van der Waals surface area contributed by atoms with E-state index in [-0.39, 0.29) is 18.6 Å². The van der Waals surface area contributed by atoms with Gasteiger partial charge in [-0.15, -0.1) is 0 Å². The summed E-state index contributed by atoms with van der Waals surface area (Å²) in [6, 6.07) is 7.62. The number of ether oxygens (including phenoxy) is 1. The zero-order valence-electron chi connectivity index (χ0n) is 10.8. The Bertz CT molecular complexity index is 506. The number of methoxy groups -OCH3 is 1. The predicted octanol–water partition coefficient (Wildman–Crippen LogP) is 2.03. The summed E-state index contributed by atoms with van der Waals surface area (Å²) in [5, 5.41) is 0. The van der Waals surface area contributed by atoms with E-state index in [9.17, 15) is 9.59 Å². The van der Waals surface area contributed by atoms with E-state index in [0.29, 0.717) is 6.54 Å². The van der Waals surface area contributed by atoms with Crippen LogP contribution in [0.2, 0.25) is 0 Å². The number of esters is 1. The van der Waals surface area contributed by atoms with Crippen molar-refractivity contribution in [3.8, 4) is 0 Å². The molecule has 1 fully saturated rings. The zero-order chi connectivity index (χ0) is 14.0. The Morgan fingerprint density at radius 3 is 2.89 bits per heavy atom. The van der Waals surface area contributed by atoms with Crippen LogP contribution in [0.15, 0.2) is 28.7 Å². The first-order valence-corrected chi connectivity index (χ1v) is 6.66. The third kappa shape index (κ3) is 2.89. The molecule has 1 aromatic carbocycles. The maximum atomic E-state index is 12.1. The molecule has 0 N–H and O–H groups in total. The van der Waals surface area contributed by atoms with E-state index in [4.69, 9.17) is 0 Å². The van der Waals surface area contributed by atoms with Crippen molar-refractivity contribution >= 4 is 27.9 Å². The Labute approximate surface area is 120 Å². The normalized spacial score (nSPS) is 18.9. The minimum absolute atomic E-state index is 0.00975. The summed E-state index contributed by atoms with van der Waals surface area (Å²) < 4.78 is 5.57. The van der Waals surface area contributed by atoms with E-state index in [2.05, 4.69) is 20.7 Å². The number of nitrogens with zero attached hydrogens (tertiary/aromatic N) is 2. The molecule has 1 aromatic rings. The second-order valence-electron chi connectivity index (χ2n) is 4.42. The van der Waals surface area contributed by atoms with Gasteiger partial charge in [0.05, 0.1) is 13.2 Å². The lowest BCUT2D eigenvalue weighted by Gasteiger charge is -2.18. The van der Waals surface area contributed by atoms with Gasteiger partial charge in [-0.3, -0.25) is 4.79 Å². The van der Waals surface area contributed by atoms with Gasteiger partial charge >= 0.3 is 12.0 Å². The molecule has 102 valence electrons. The van der Waals surface area contributed by atoms with Gasteiger partial charge < -0.3 is 14.5 Å². The monoisotopic (exact) mass is 326 g/mol. The molecule has 1 saturated heterocycles. The van der Waals surface area contributed by atoms with Gasteiger partial charge in [-0.1, -0.05) is 28.1 Å². The van der Waals surface area contributed by atoms with Crippen molar-refractivity contribution in [3.63, 3.8) is 0 Å². The highest BCUT2D eigenvalue weighted by atomic mass is 79.9. The van der Waals surface area contributed by atoms with Crippen molar-refractivity contribution in [3.05, 3.63) is 34.3 Å². The van der Waals surface area contributed by atoms with E-state index in [1.165, 1.54) is 12.0 Å². The predicted molar refractivity (Wildman–Crippen MR) is 73.6 cm³/mol. The summed E-state index contributed by atoms with van der Waals surface area (Å²) in [5.41, 5.74) is 1.04. The van der Waals surface area contributed by atoms with E-state index in [0.717, 1.165) is 10.0 Å². The van der Waals surface area contributed by atoms with Gasteiger partial charge in [0.1, 0.15) is 6.54 Å². The molecule has 1 atom stereocenters. The highest BCUT2D eigenvalue weighted by Crippen LogP contribution is 2.29. The molecular weight excluding hydrogens is 312 g/mol. The van der Waals surface area contributed by atoms with Crippen LogP contribution in [0.4, 0.5) is 4.79 Å². The van der Waals surface area contributed by atoms with E-state index in [1.807, 2.05) is 24.3 Å². The fraction of sp³-hybridized carbons (Fsp3) is 0.385. The van der Waals surface area contributed by atoms with Gasteiger partial charge in [-0.2, -0.15) is 0 Å². The number of carbonyl (C=O) groups excluding carboxylic acids is 2. The van der Waals surface area contributed by atoms with Crippen molar-refractivity contribution in [1.82, 2.24) is 9.80 Å². The molecule has 0 spiro atoms. The third-order valence-corrected chi connectivity index (χ3v) is 3.71. The Morgan fingerprint density at radius 1 is 1.53 bits per heavy atom. The molecule has 2 rings (SSSR count). The third-order valence-electron chi connectivity index (χ3n) is 3.21. The van der Waals surface area contributed by atoms with Crippen LogP contribution in [0.25, 0.3) is 0 Å². The van der Waals surface area contributed by atoms with Crippen molar-refractivity contribution in [2.24, 2.45) is 0 Å². The average Bonchev–Trinajstić information content (AvgIpc) is 2.67. The van der Waals surface area contributed by atoms with Crippen molar-refractivity contribution in [2.75, 3.05) is 27.2 Å². The van der Waals surface area contributed by atoms with E-state index < -0.39 is 5.97 Å². The number of likely N-dealkylation sites (N-methyl/N-ethyl adjacent to an activating group) is 1. The van der Waals surface area contributed by atoms with E-state index >= 15 is 0 Å². The second kappa shape index (κ2) is 5.61. The number of hydrogen-bond acceptors (Lipinski definition) is 3. The molecular formula is C13H15BrN2O3. The first-order valence-electron chi connectivity index (χ1n) is 5.87. The standard InChI is InChI=1S/C13H15BrN2O3/c1-15-11(9-4-3-5-10(14)6-9)7-16(13(15)18)8-12(17)19-2/h3-6,11H,7-8H2,1-2H3. The fourth-order valence-corrected chi connectivity index (χ4v) is 2.58. The van der Waals surface area contributed by atoms with Crippen LogP contribution in [0.1, 0.15) is 11.6 Å². The Kier molecular flexibility index (Phi) is 4.09. The number of rotatable bonds is 3. The highest BCUT2D eigenvalue weighted by Gasteiger charge is 2.36. The first kappa shape index (κ1) is 13.9. The quantitative estimate of drug-likeness (QED) is 0.798. The van der Waals surface area contributed by atoms with Gasteiger partial charge in [0.2, 0.25) is 0 Å². The van der Waals surface area contributed by atoms with Crippen LogP contribution in [-0.2, 0) is 9.53 Å². The van der Waals surface area contributed by atoms with Crippen molar-refractivity contribution in [2.45, 2.75) is 6.04 Å². The molecule has 0 bridgehead atoms. The molecule has 0 radical (unpaired) electrons. The van der Waals surface area contributed by atoms with Gasteiger partial charge in [-0.25, -0.2) is 4.79 Å². The summed E-state index contributed by atoms with van der Waals surface area (Å²) in [5.74, 6) is -0.406. The second-order valence-corrected chi connectivity index (χ2v) is 5.34. The Morgan fingerprint density at radius 2 is 2.26 bits per heavy atom. The molecule has 1 unspecified atom stereocenters. The lowest BCUT2D eigenvalue weighted by Crippen LogP contribution is -2.34. The molecule has 6 heteroatoms. The number of halogens is 1. The van der Waals surface area contributed by atoms with Crippen molar-refractivity contribution < 1.29 is 14.3 Å². The van der Waals surface area contributed by atoms with Gasteiger partial charge in [0, 0.05) is 18.1 Å². The lowest BCUT2D eigenvalue weighted by atomic mass is 10.1. The summed E-state index contributed by atoms with van der Waals surface area (Å²) in [4.78, 5) is 26.5. The number of amides is 2. The summed E-state index contributed by atoms with van der Waals surface area (Å²) in [7, 11) is 3.06. The fourth-order valence-electron chi connectivity index (χ4n) is 2.16. The molecule has 2 amide bonds. The highest BCUT2D eigenvalue weighted by molar-refractivity contribution is 9.10. The molecule has 1 heterocycles. The molecule has 0 aromatic heterocycles. The van der Waals surface area contributed by atoms with Crippen molar-refractivity contribution in [1.29, 1.82) is 0 Å². The van der Waals surface area contributed by atoms with Crippen LogP contribution < -0.4 is 0 Å². The molecule has 0 saturated carbocycles. The smallest absolute Gasteiger partial charge is 0.325 e. The Balaban J connectivity index is 2.16. The Hall–Kier alpha value is -1.56. The molecule has 1 aliphatic heterocycles. The maximum absolute atomic E-state index is 12.1. The number of urea groups is 1. The molecule has 19 heavy (non-hydrogen) atoms. The summed E-state index contributed by atoms with van der Waals surface area (Å²) in [6.07, 6.45) is 0. The average molecular weight is 327 g/mol. The van der Waals surface area contributed by atoms with Crippen LogP contribution in [0.5, 0.6) is 0 Å². The topological polar surface area (TPSA) is 49.9 Å². The minimum atomic E-state index is -0.406. The van der Waals surface area contributed by atoms with Crippen LogP contribution in [0.3, 0.4) is 0 Å². The summed E-state index contributed by atoms with van der Waals surface area (Å²) >= 11 is 3.42. The van der Waals surface area contributed by atoms with E-state index in [1.54, 1.807) is 11.9 Å². The first-order chi connectivity index (χ1) is 9.02. The maximum Gasteiger partial charge on any atom is 0.325 e. The largest absolute Gasteiger partial charge is 0.468 e. The number of benzene rings is 1.